The number of hydrogen-bond donors (Lipinski definition) is 1. The Kier molecular flexibility index (Phi) is 5.10. The topological polar surface area (TPSA) is 108 Å². The first-order valence-electron chi connectivity index (χ1n) is 9.12. The fourth-order valence-corrected chi connectivity index (χ4v) is 2.95. The van der Waals surface area contributed by atoms with Gasteiger partial charge in [0.15, 0.2) is 5.65 Å². The number of aryl methyl sites for hydroxylation is 1. The lowest BCUT2D eigenvalue weighted by molar-refractivity contribution is 0.0946. The maximum Gasteiger partial charge on any atom is 0.271 e. The number of nitrogens with one attached hydrogen (secondary N) is 1. The molecule has 3 heterocycles. The van der Waals surface area contributed by atoms with E-state index in [1.165, 1.54) is 36.7 Å². The molecule has 4 aromatic rings. The largest absolute Gasteiger partial charge is 0.349 e. The zero-order valence-electron chi connectivity index (χ0n) is 15.8. The van der Waals surface area contributed by atoms with Crippen LogP contribution in [0.1, 0.15) is 21.6 Å². The molecule has 0 aliphatic heterocycles. The molecule has 0 radical (unpaired) electrons. The van der Waals surface area contributed by atoms with E-state index in [-0.39, 0.29) is 17.2 Å². The van der Waals surface area contributed by atoms with Crippen LogP contribution in [0, 0.1) is 6.92 Å². The van der Waals surface area contributed by atoms with Gasteiger partial charge in [0.1, 0.15) is 17.4 Å². The van der Waals surface area contributed by atoms with E-state index in [0.717, 1.165) is 5.56 Å². The van der Waals surface area contributed by atoms with Gasteiger partial charge in [-0.05, 0) is 12.5 Å². The first kappa shape index (κ1) is 18.5. The van der Waals surface area contributed by atoms with Crippen LogP contribution in [0.25, 0.3) is 11.0 Å². The molecule has 1 amide bonds. The van der Waals surface area contributed by atoms with Crippen LogP contribution in [0.4, 0.5) is 0 Å². The molecule has 0 unspecified atom stereocenters. The second-order valence-electron chi connectivity index (χ2n) is 6.61. The quantitative estimate of drug-likeness (QED) is 0.530. The third-order valence-electron chi connectivity index (χ3n) is 4.50. The van der Waals surface area contributed by atoms with Gasteiger partial charge < -0.3 is 5.32 Å². The van der Waals surface area contributed by atoms with E-state index >= 15 is 0 Å². The molecule has 29 heavy (non-hydrogen) atoms. The van der Waals surface area contributed by atoms with E-state index in [1.807, 2.05) is 31.2 Å². The molecule has 0 fully saturated rings. The van der Waals surface area contributed by atoms with Crippen LogP contribution in [-0.4, -0.2) is 41.8 Å². The first-order chi connectivity index (χ1) is 14.1. The summed E-state index contributed by atoms with van der Waals surface area (Å²) in [7, 11) is 0. The average molecular weight is 389 g/mol. The highest BCUT2D eigenvalue weighted by atomic mass is 16.2. The molecule has 0 aliphatic carbocycles. The fourth-order valence-electron chi connectivity index (χ4n) is 2.95. The van der Waals surface area contributed by atoms with E-state index in [4.69, 9.17) is 0 Å². The van der Waals surface area contributed by atoms with Crippen LogP contribution in [-0.2, 0) is 13.1 Å². The second kappa shape index (κ2) is 8.01. The van der Waals surface area contributed by atoms with Crippen LogP contribution in [0.5, 0.6) is 0 Å². The number of aromatic nitrogens is 6. The van der Waals surface area contributed by atoms with Gasteiger partial charge in [0, 0.05) is 18.9 Å². The number of nitrogens with zero attached hydrogens (tertiary/aromatic N) is 6. The fraction of sp³-hybridized carbons (Fsp3) is 0.200. The number of rotatable bonds is 6. The summed E-state index contributed by atoms with van der Waals surface area (Å²) < 4.78 is 3.17. The lowest BCUT2D eigenvalue weighted by atomic mass is 10.1. The zero-order valence-corrected chi connectivity index (χ0v) is 15.8. The highest BCUT2D eigenvalue weighted by Gasteiger charge is 2.11. The SMILES string of the molecule is Cc1ccc(Cn2cnc3c(cnn3CCNC(=O)c3cnccn3)c2=O)cc1. The summed E-state index contributed by atoms with van der Waals surface area (Å²) in [6, 6.07) is 8.02. The zero-order chi connectivity index (χ0) is 20.2. The Morgan fingerprint density at radius 2 is 1.93 bits per heavy atom. The number of amides is 1. The van der Waals surface area contributed by atoms with Gasteiger partial charge in [-0.15, -0.1) is 0 Å². The molecule has 9 nitrogen and oxygen atoms in total. The highest BCUT2D eigenvalue weighted by Crippen LogP contribution is 2.08. The minimum absolute atomic E-state index is 0.148. The monoisotopic (exact) mass is 389 g/mol. The molecule has 0 saturated carbocycles. The van der Waals surface area contributed by atoms with Gasteiger partial charge in [-0.3, -0.25) is 19.1 Å². The first-order valence-corrected chi connectivity index (χ1v) is 9.12. The summed E-state index contributed by atoms with van der Waals surface area (Å²) in [5.41, 5.74) is 2.78. The third-order valence-corrected chi connectivity index (χ3v) is 4.50. The lowest BCUT2D eigenvalue weighted by Gasteiger charge is -2.07. The molecular weight excluding hydrogens is 370 g/mol. The van der Waals surface area contributed by atoms with E-state index < -0.39 is 0 Å². The Morgan fingerprint density at radius 1 is 1.10 bits per heavy atom. The van der Waals surface area contributed by atoms with Crippen molar-refractivity contribution in [3.05, 3.63) is 82.6 Å². The summed E-state index contributed by atoms with van der Waals surface area (Å²) in [5, 5.41) is 7.44. The van der Waals surface area contributed by atoms with E-state index in [1.54, 1.807) is 9.25 Å². The van der Waals surface area contributed by atoms with Crippen molar-refractivity contribution in [1.29, 1.82) is 0 Å². The summed E-state index contributed by atoms with van der Waals surface area (Å²) in [5.74, 6) is -0.317. The maximum atomic E-state index is 12.8. The highest BCUT2D eigenvalue weighted by molar-refractivity contribution is 5.91. The van der Waals surface area contributed by atoms with Crippen molar-refractivity contribution in [2.75, 3.05) is 6.54 Å². The minimum atomic E-state index is -0.317. The molecule has 4 rings (SSSR count). The van der Waals surface area contributed by atoms with Gasteiger partial charge in [-0.25, -0.2) is 14.6 Å². The van der Waals surface area contributed by atoms with Crippen molar-refractivity contribution in [3.63, 3.8) is 0 Å². The van der Waals surface area contributed by atoms with Crippen molar-refractivity contribution in [1.82, 2.24) is 34.6 Å². The smallest absolute Gasteiger partial charge is 0.271 e. The van der Waals surface area contributed by atoms with Crippen molar-refractivity contribution in [2.24, 2.45) is 0 Å². The normalized spacial score (nSPS) is 10.9. The molecule has 0 atom stereocenters. The van der Waals surface area contributed by atoms with E-state index in [9.17, 15) is 9.59 Å². The summed E-state index contributed by atoms with van der Waals surface area (Å²) >= 11 is 0. The van der Waals surface area contributed by atoms with Crippen LogP contribution in [0.15, 0.2) is 60.2 Å². The molecule has 0 spiro atoms. The van der Waals surface area contributed by atoms with Crippen LogP contribution >= 0.6 is 0 Å². The standard InChI is InChI=1S/C20H19N7O2/c1-14-2-4-15(5-3-14)12-26-13-24-18-16(20(26)29)10-25-27(18)9-8-23-19(28)17-11-21-6-7-22-17/h2-7,10-11,13H,8-9,12H2,1H3,(H,23,28). The number of benzene rings is 1. The number of carbonyl (C=O) groups is 1. The van der Waals surface area contributed by atoms with Gasteiger partial charge in [0.25, 0.3) is 11.5 Å². The maximum absolute atomic E-state index is 12.8. The third kappa shape index (κ3) is 4.03. The predicted molar refractivity (Wildman–Crippen MR) is 106 cm³/mol. The van der Waals surface area contributed by atoms with Gasteiger partial charge >= 0.3 is 0 Å². The molecule has 0 saturated heterocycles. The molecule has 9 heteroatoms. The van der Waals surface area contributed by atoms with E-state index in [0.29, 0.717) is 30.7 Å². The van der Waals surface area contributed by atoms with Gasteiger partial charge in [0.2, 0.25) is 0 Å². The Hall–Kier alpha value is -3.88. The van der Waals surface area contributed by atoms with Gasteiger partial charge in [-0.1, -0.05) is 29.8 Å². The van der Waals surface area contributed by atoms with Crippen molar-refractivity contribution in [2.45, 2.75) is 20.0 Å². The predicted octanol–water partition coefficient (Wildman–Crippen LogP) is 1.17. The Morgan fingerprint density at radius 3 is 2.69 bits per heavy atom. The van der Waals surface area contributed by atoms with Gasteiger partial charge in [-0.2, -0.15) is 5.10 Å². The Labute approximate surface area is 166 Å². The molecule has 1 aromatic carbocycles. The Balaban J connectivity index is 1.46. The van der Waals surface area contributed by atoms with Crippen LogP contribution in [0.2, 0.25) is 0 Å². The Bertz CT molecular complexity index is 1200. The molecule has 146 valence electrons. The number of hydrogen-bond acceptors (Lipinski definition) is 6. The second-order valence-corrected chi connectivity index (χ2v) is 6.61. The number of carbonyl (C=O) groups excluding carboxylic acids is 1. The van der Waals surface area contributed by atoms with Crippen molar-refractivity contribution in [3.8, 4) is 0 Å². The molecule has 1 N–H and O–H groups in total. The van der Waals surface area contributed by atoms with Gasteiger partial charge in [0.05, 0.1) is 25.5 Å². The lowest BCUT2D eigenvalue weighted by Crippen LogP contribution is -2.28. The minimum Gasteiger partial charge on any atom is -0.349 e. The van der Waals surface area contributed by atoms with E-state index in [2.05, 4.69) is 25.4 Å². The number of fused-ring (bicyclic) bond motifs is 1. The molecular formula is C20H19N7O2. The van der Waals surface area contributed by atoms with Crippen LogP contribution < -0.4 is 10.9 Å². The molecule has 3 aromatic heterocycles. The summed E-state index contributed by atoms with van der Waals surface area (Å²) in [4.78, 5) is 37.0. The van der Waals surface area contributed by atoms with Crippen molar-refractivity contribution >= 4 is 16.9 Å². The molecule has 0 aliphatic rings. The van der Waals surface area contributed by atoms with Crippen molar-refractivity contribution < 1.29 is 4.79 Å². The summed E-state index contributed by atoms with van der Waals surface area (Å²) in [6.45, 7) is 3.17. The van der Waals surface area contributed by atoms with Crippen LogP contribution in [0.3, 0.4) is 0 Å². The molecule has 0 bridgehead atoms. The average Bonchev–Trinajstić information content (AvgIpc) is 3.16. The summed E-state index contributed by atoms with van der Waals surface area (Å²) in [6.07, 6.45) is 7.41.